The summed E-state index contributed by atoms with van der Waals surface area (Å²) < 4.78 is 69.2. The van der Waals surface area contributed by atoms with Crippen LogP contribution in [0, 0.1) is 0 Å². The normalized spacial score (nSPS) is 24.2. The van der Waals surface area contributed by atoms with E-state index in [0.717, 1.165) is 38.9 Å². The molecule has 0 unspecified atom stereocenters. The zero-order valence-electron chi connectivity index (χ0n) is 40.4. The fourth-order valence-electron chi connectivity index (χ4n) is 8.99. The molecule has 10 atom stereocenters. The van der Waals surface area contributed by atoms with Crippen molar-refractivity contribution in [3.8, 4) is 0 Å². The van der Waals surface area contributed by atoms with Gasteiger partial charge in [-0.3, -0.25) is 0 Å². The van der Waals surface area contributed by atoms with Crippen LogP contribution in [0.25, 0.3) is 0 Å². The predicted molar refractivity (Wildman–Crippen MR) is 272 cm³/mol. The highest BCUT2D eigenvalue weighted by Crippen LogP contribution is 2.37. The molecular formula is C61H64O11. The largest absolute Gasteiger partial charge is 0.394 e. The molecule has 0 spiro atoms. The Morgan fingerprint density at radius 2 is 0.583 bits per heavy atom. The highest BCUT2D eigenvalue weighted by atomic mass is 16.8. The summed E-state index contributed by atoms with van der Waals surface area (Å²) in [5, 5.41) is 11.4. The minimum Gasteiger partial charge on any atom is -0.394 e. The molecule has 2 aliphatic rings. The van der Waals surface area contributed by atoms with Crippen molar-refractivity contribution >= 4 is 0 Å². The summed E-state index contributed by atoms with van der Waals surface area (Å²) in [7, 11) is 0. The van der Waals surface area contributed by atoms with E-state index < -0.39 is 68.0 Å². The van der Waals surface area contributed by atoms with Crippen LogP contribution in [0.3, 0.4) is 0 Å². The maximum atomic E-state index is 11.4. The molecule has 2 saturated heterocycles. The third-order valence-corrected chi connectivity index (χ3v) is 12.7. The quantitative estimate of drug-likeness (QED) is 0.0591. The molecule has 2 heterocycles. The minimum atomic E-state index is -1.14. The van der Waals surface area contributed by atoms with Gasteiger partial charge in [0.05, 0.1) is 59.5 Å². The SMILES string of the molecule is OC[C@H]1O[C@@H](OCc2ccccc2)[C@H](OCc2ccccc2)[C@@H](OCc2ccccc2)[C@H]1O[C@H]1O[C@H](COCc2ccccc2)[C@H](OCc2ccccc2)[C@H](OCc2ccccc2)[C@H]1OCc1ccccc1. The molecular weight excluding hydrogens is 909 g/mol. The second-order valence-electron chi connectivity index (χ2n) is 18.0. The van der Waals surface area contributed by atoms with Crippen molar-refractivity contribution in [2.75, 3.05) is 13.2 Å². The molecule has 0 saturated carbocycles. The van der Waals surface area contributed by atoms with E-state index in [1.807, 2.05) is 212 Å². The number of aliphatic hydroxyl groups is 1. The summed E-state index contributed by atoms with van der Waals surface area (Å²) in [6, 6.07) is 69.7. The Morgan fingerprint density at radius 3 is 0.958 bits per heavy atom. The molecule has 7 aromatic carbocycles. The highest BCUT2D eigenvalue weighted by molar-refractivity contribution is 5.19. The van der Waals surface area contributed by atoms with Crippen molar-refractivity contribution in [1.29, 1.82) is 0 Å². The number of benzene rings is 7. The van der Waals surface area contributed by atoms with Gasteiger partial charge in [-0.25, -0.2) is 0 Å². The fourth-order valence-corrected chi connectivity index (χ4v) is 8.99. The van der Waals surface area contributed by atoms with Gasteiger partial charge >= 0.3 is 0 Å². The van der Waals surface area contributed by atoms with Crippen molar-refractivity contribution in [3.05, 3.63) is 251 Å². The fraction of sp³-hybridized carbons (Fsp3) is 0.311. The Bertz CT molecular complexity index is 2550. The van der Waals surface area contributed by atoms with Gasteiger partial charge in [-0.2, -0.15) is 0 Å². The van der Waals surface area contributed by atoms with Crippen molar-refractivity contribution in [3.63, 3.8) is 0 Å². The van der Waals surface area contributed by atoms with Crippen LogP contribution in [-0.2, 0) is 93.6 Å². The molecule has 374 valence electrons. The molecule has 0 radical (unpaired) electrons. The van der Waals surface area contributed by atoms with Crippen LogP contribution in [0.1, 0.15) is 38.9 Å². The summed E-state index contributed by atoms with van der Waals surface area (Å²) in [5.41, 5.74) is 6.75. The highest BCUT2D eigenvalue weighted by Gasteiger charge is 2.54. The number of aliphatic hydroxyl groups excluding tert-OH is 1. The van der Waals surface area contributed by atoms with E-state index in [1.54, 1.807) is 0 Å². The summed E-state index contributed by atoms with van der Waals surface area (Å²) in [4.78, 5) is 0. The van der Waals surface area contributed by atoms with Crippen LogP contribution in [0.2, 0.25) is 0 Å². The second-order valence-corrected chi connectivity index (χ2v) is 18.0. The summed E-state index contributed by atoms with van der Waals surface area (Å²) in [6.07, 6.45) is -8.90. The van der Waals surface area contributed by atoms with Crippen LogP contribution >= 0.6 is 0 Å². The topological polar surface area (TPSA) is 113 Å². The predicted octanol–water partition coefficient (Wildman–Crippen LogP) is 10.2. The van der Waals surface area contributed by atoms with E-state index >= 15 is 0 Å². The molecule has 2 fully saturated rings. The van der Waals surface area contributed by atoms with Crippen molar-refractivity contribution < 1.29 is 52.5 Å². The van der Waals surface area contributed by atoms with Gasteiger partial charge < -0.3 is 52.5 Å². The molecule has 1 N–H and O–H groups in total. The number of hydrogen-bond donors (Lipinski definition) is 1. The Morgan fingerprint density at radius 1 is 0.292 bits per heavy atom. The van der Waals surface area contributed by atoms with E-state index in [2.05, 4.69) is 0 Å². The van der Waals surface area contributed by atoms with Crippen LogP contribution < -0.4 is 0 Å². The van der Waals surface area contributed by atoms with Gasteiger partial charge in [-0.1, -0.05) is 212 Å². The molecule has 72 heavy (non-hydrogen) atoms. The van der Waals surface area contributed by atoms with Crippen molar-refractivity contribution in [2.24, 2.45) is 0 Å². The monoisotopic (exact) mass is 972 g/mol. The van der Waals surface area contributed by atoms with Gasteiger partial charge in [0, 0.05) is 0 Å². The van der Waals surface area contributed by atoms with Crippen LogP contribution in [0.15, 0.2) is 212 Å². The van der Waals surface area contributed by atoms with E-state index in [0.29, 0.717) is 6.61 Å². The lowest BCUT2D eigenvalue weighted by atomic mass is 9.95. The summed E-state index contributed by atoms with van der Waals surface area (Å²) >= 11 is 0. The standard InChI is InChI=1S/C61H64O11/c62-36-52-55(57(66-40-48-28-14-4-15-29-48)58(67-41-49-30-16-5-17-31-49)60(70-52)69-43-51-34-20-7-21-35-51)72-61-59(68-42-50-32-18-6-19-33-50)56(65-39-47-26-12-3-13-27-47)54(64-38-46-24-10-2-11-25-46)53(71-61)44-63-37-45-22-8-1-9-23-45/h1-35,52-62H,36-44H2/t52-,53-,54+,55+,56+,57+,58-,59-,60-,61-/m1/s1. The average molecular weight is 973 g/mol. The Balaban J connectivity index is 1.09. The molecule has 0 bridgehead atoms. The van der Waals surface area contributed by atoms with Crippen LogP contribution in [-0.4, -0.2) is 79.7 Å². The van der Waals surface area contributed by atoms with Gasteiger partial charge in [0.1, 0.15) is 48.8 Å². The zero-order valence-corrected chi connectivity index (χ0v) is 40.4. The summed E-state index contributed by atoms with van der Waals surface area (Å²) in [5.74, 6) is 0. The van der Waals surface area contributed by atoms with Crippen molar-refractivity contribution in [2.45, 2.75) is 108 Å². The first kappa shape index (κ1) is 51.0. The van der Waals surface area contributed by atoms with E-state index in [4.69, 9.17) is 47.4 Å². The van der Waals surface area contributed by atoms with Gasteiger partial charge in [-0.15, -0.1) is 0 Å². The Kier molecular flexibility index (Phi) is 19.3. The molecule has 2 aliphatic heterocycles. The minimum absolute atomic E-state index is 0.127. The lowest BCUT2D eigenvalue weighted by molar-refractivity contribution is -0.378. The number of hydrogen-bond acceptors (Lipinski definition) is 11. The van der Waals surface area contributed by atoms with Gasteiger partial charge in [-0.05, 0) is 38.9 Å². The molecule has 9 rings (SSSR count). The lowest BCUT2D eigenvalue weighted by Crippen LogP contribution is -2.66. The van der Waals surface area contributed by atoms with Crippen molar-refractivity contribution in [1.82, 2.24) is 0 Å². The molecule has 0 aliphatic carbocycles. The molecule has 11 heteroatoms. The molecule has 7 aromatic rings. The lowest BCUT2D eigenvalue weighted by Gasteiger charge is -2.50. The number of rotatable bonds is 25. The van der Waals surface area contributed by atoms with Crippen LogP contribution in [0.5, 0.6) is 0 Å². The first-order chi connectivity index (χ1) is 35.7. The maximum Gasteiger partial charge on any atom is 0.187 e. The first-order valence-corrected chi connectivity index (χ1v) is 24.8. The van der Waals surface area contributed by atoms with Gasteiger partial charge in [0.25, 0.3) is 0 Å². The molecule has 11 nitrogen and oxygen atoms in total. The Hall–Kier alpha value is -5.90. The molecule has 0 aromatic heterocycles. The van der Waals surface area contributed by atoms with Gasteiger partial charge in [0.15, 0.2) is 12.6 Å². The third-order valence-electron chi connectivity index (χ3n) is 12.7. The number of ether oxygens (including phenoxy) is 10. The maximum absolute atomic E-state index is 11.4. The molecule has 0 amide bonds. The van der Waals surface area contributed by atoms with E-state index in [9.17, 15) is 5.11 Å². The smallest absolute Gasteiger partial charge is 0.187 e. The van der Waals surface area contributed by atoms with Crippen LogP contribution in [0.4, 0.5) is 0 Å². The third kappa shape index (κ3) is 14.6. The summed E-state index contributed by atoms with van der Waals surface area (Å²) in [6.45, 7) is 1.40. The van der Waals surface area contributed by atoms with E-state index in [-0.39, 0.29) is 46.2 Å². The second kappa shape index (κ2) is 27.2. The van der Waals surface area contributed by atoms with E-state index in [1.165, 1.54) is 0 Å². The first-order valence-electron chi connectivity index (χ1n) is 24.8. The average Bonchev–Trinajstić information content (AvgIpc) is 3.44. The Labute approximate surface area is 423 Å². The van der Waals surface area contributed by atoms with Gasteiger partial charge in [0.2, 0.25) is 0 Å². The zero-order chi connectivity index (χ0) is 49.0.